The summed E-state index contributed by atoms with van der Waals surface area (Å²) in [5.41, 5.74) is 12.9. The normalized spacial score (nSPS) is 13.4. The molecule has 228 valence electrons. The third kappa shape index (κ3) is 3.98. The maximum Gasteiger partial charge on any atom is 0.137 e. The number of rotatable bonds is 4. The molecule has 0 radical (unpaired) electrons. The van der Waals surface area contributed by atoms with Crippen molar-refractivity contribution < 1.29 is 4.42 Å². The first-order chi connectivity index (χ1) is 23.5. The number of hydrogen-bond donors (Lipinski definition) is 0. The predicted octanol–water partition coefficient (Wildman–Crippen LogP) is 13.4. The lowest BCUT2D eigenvalue weighted by Gasteiger charge is -2.27. The summed E-state index contributed by atoms with van der Waals surface area (Å²) in [5.74, 6) is 0. The average molecular weight is 634 g/mol. The lowest BCUT2D eigenvalue weighted by molar-refractivity contribution is 0.660. The van der Waals surface area contributed by atoms with Gasteiger partial charge in [0.05, 0.1) is 0 Å². The van der Waals surface area contributed by atoms with E-state index in [4.69, 9.17) is 4.42 Å². The summed E-state index contributed by atoms with van der Waals surface area (Å²) >= 11 is 1.85. The van der Waals surface area contributed by atoms with Gasteiger partial charge in [-0.05, 0) is 81.9 Å². The van der Waals surface area contributed by atoms with Gasteiger partial charge in [-0.1, -0.05) is 111 Å². The minimum Gasteiger partial charge on any atom is -0.456 e. The molecule has 9 aromatic rings. The first kappa shape index (κ1) is 27.5. The Morgan fingerprint density at radius 2 is 1.15 bits per heavy atom. The van der Waals surface area contributed by atoms with Gasteiger partial charge in [0, 0.05) is 59.5 Å². The standard InChI is InChI=1S/C45H31NOS/c1-45(2)38-24-21-29(25-37(38)44-32(15-10-16-39(44)45)28-11-4-3-5-12-28)46(30-19-22-34-33-13-6-8-17-40(33)47-41(34)26-30)31-20-23-36-35-14-7-9-18-42(35)48-43(36)27-31/h3-27H,1-2H3. The Labute approximate surface area is 283 Å². The Kier molecular flexibility index (Phi) is 5.82. The first-order valence-corrected chi connectivity index (χ1v) is 17.3. The van der Waals surface area contributed by atoms with Gasteiger partial charge < -0.3 is 9.32 Å². The molecule has 0 atom stereocenters. The van der Waals surface area contributed by atoms with Gasteiger partial charge in [0.15, 0.2) is 0 Å². The van der Waals surface area contributed by atoms with Crippen molar-refractivity contribution in [3.8, 4) is 22.3 Å². The molecule has 2 aromatic heterocycles. The number of anilines is 3. The van der Waals surface area contributed by atoms with Crippen LogP contribution in [0.5, 0.6) is 0 Å². The maximum atomic E-state index is 6.41. The van der Waals surface area contributed by atoms with E-state index in [2.05, 4.69) is 158 Å². The van der Waals surface area contributed by atoms with Gasteiger partial charge in [-0.2, -0.15) is 0 Å². The quantitative estimate of drug-likeness (QED) is 0.192. The van der Waals surface area contributed by atoms with Crippen molar-refractivity contribution in [1.29, 1.82) is 0 Å². The van der Waals surface area contributed by atoms with Crippen molar-refractivity contribution >= 4 is 70.5 Å². The molecule has 0 saturated carbocycles. The monoisotopic (exact) mass is 633 g/mol. The number of nitrogens with zero attached hydrogens (tertiary/aromatic N) is 1. The molecule has 0 saturated heterocycles. The molecule has 7 aromatic carbocycles. The fourth-order valence-corrected chi connectivity index (χ4v) is 9.08. The largest absolute Gasteiger partial charge is 0.456 e. The average Bonchev–Trinajstić information content (AvgIpc) is 3.76. The van der Waals surface area contributed by atoms with E-state index in [1.807, 2.05) is 23.5 Å². The highest BCUT2D eigenvalue weighted by molar-refractivity contribution is 7.25. The van der Waals surface area contributed by atoms with E-state index in [-0.39, 0.29) is 5.41 Å². The van der Waals surface area contributed by atoms with Gasteiger partial charge in [-0.3, -0.25) is 0 Å². The molecule has 0 fully saturated rings. The van der Waals surface area contributed by atoms with Gasteiger partial charge in [-0.15, -0.1) is 11.3 Å². The summed E-state index contributed by atoms with van der Waals surface area (Å²) < 4.78 is 9.00. The van der Waals surface area contributed by atoms with Crippen LogP contribution in [0.3, 0.4) is 0 Å². The van der Waals surface area contributed by atoms with Crippen LogP contribution in [0.15, 0.2) is 156 Å². The van der Waals surface area contributed by atoms with Crippen molar-refractivity contribution in [2.45, 2.75) is 19.3 Å². The first-order valence-electron chi connectivity index (χ1n) is 16.5. The number of hydrogen-bond acceptors (Lipinski definition) is 3. The maximum absolute atomic E-state index is 6.41. The second-order valence-electron chi connectivity index (χ2n) is 13.3. The molecular formula is C45H31NOS. The van der Waals surface area contributed by atoms with Crippen LogP contribution in [-0.4, -0.2) is 0 Å². The van der Waals surface area contributed by atoms with E-state index in [0.717, 1.165) is 39.0 Å². The molecule has 0 unspecified atom stereocenters. The van der Waals surface area contributed by atoms with Crippen LogP contribution in [0.4, 0.5) is 17.1 Å². The molecule has 48 heavy (non-hydrogen) atoms. The SMILES string of the molecule is CC1(C)c2ccc(N(c3ccc4c(c3)oc3ccccc34)c3ccc4c(c3)sc3ccccc34)cc2-c2c(-c3ccccc3)cccc21. The van der Waals surface area contributed by atoms with Crippen LogP contribution in [0.25, 0.3) is 64.4 Å². The minimum atomic E-state index is -0.109. The molecule has 1 aliphatic carbocycles. The van der Waals surface area contributed by atoms with E-state index < -0.39 is 0 Å². The number of thiophene rings is 1. The second-order valence-corrected chi connectivity index (χ2v) is 14.4. The zero-order valence-corrected chi connectivity index (χ0v) is 27.5. The third-order valence-electron chi connectivity index (χ3n) is 10.3. The Hall–Kier alpha value is -5.64. The molecule has 0 aliphatic heterocycles. The van der Waals surface area contributed by atoms with E-state index in [1.165, 1.54) is 53.6 Å². The summed E-state index contributed by atoms with van der Waals surface area (Å²) in [4.78, 5) is 2.40. The third-order valence-corrected chi connectivity index (χ3v) is 11.4. The van der Waals surface area contributed by atoms with E-state index in [0.29, 0.717) is 0 Å². The molecule has 0 amide bonds. The van der Waals surface area contributed by atoms with Gasteiger partial charge in [0.2, 0.25) is 0 Å². The smallest absolute Gasteiger partial charge is 0.137 e. The van der Waals surface area contributed by atoms with Crippen molar-refractivity contribution in [2.75, 3.05) is 4.90 Å². The van der Waals surface area contributed by atoms with Crippen molar-refractivity contribution in [3.05, 3.63) is 163 Å². The number of para-hydroxylation sites is 1. The number of benzene rings is 7. The molecule has 0 bridgehead atoms. The minimum absolute atomic E-state index is 0.109. The lowest BCUT2D eigenvalue weighted by atomic mass is 9.82. The Morgan fingerprint density at radius 3 is 2.02 bits per heavy atom. The second kappa shape index (κ2) is 10.2. The zero-order valence-electron chi connectivity index (χ0n) is 26.7. The molecule has 2 nitrogen and oxygen atoms in total. The number of fused-ring (bicyclic) bond motifs is 9. The van der Waals surface area contributed by atoms with E-state index >= 15 is 0 Å². The van der Waals surface area contributed by atoms with Crippen molar-refractivity contribution in [2.24, 2.45) is 0 Å². The van der Waals surface area contributed by atoms with E-state index in [1.54, 1.807) is 0 Å². The highest BCUT2D eigenvalue weighted by Crippen LogP contribution is 2.54. The highest BCUT2D eigenvalue weighted by Gasteiger charge is 2.37. The van der Waals surface area contributed by atoms with Gasteiger partial charge in [0.25, 0.3) is 0 Å². The van der Waals surface area contributed by atoms with Gasteiger partial charge >= 0.3 is 0 Å². The molecular weight excluding hydrogens is 603 g/mol. The molecule has 1 aliphatic rings. The van der Waals surface area contributed by atoms with Crippen LogP contribution in [0.1, 0.15) is 25.0 Å². The van der Waals surface area contributed by atoms with Crippen LogP contribution < -0.4 is 4.90 Å². The van der Waals surface area contributed by atoms with E-state index in [9.17, 15) is 0 Å². The van der Waals surface area contributed by atoms with Crippen LogP contribution >= 0.6 is 11.3 Å². The molecule has 10 rings (SSSR count). The molecule has 0 spiro atoms. The zero-order chi connectivity index (χ0) is 32.0. The molecule has 0 N–H and O–H groups in total. The summed E-state index contributed by atoms with van der Waals surface area (Å²) in [6.45, 7) is 4.71. The van der Waals surface area contributed by atoms with Crippen molar-refractivity contribution in [1.82, 2.24) is 0 Å². The van der Waals surface area contributed by atoms with Crippen LogP contribution in [0.2, 0.25) is 0 Å². The Bertz CT molecular complexity index is 2600. The van der Waals surface area contributed by atoms with Crippen molar-refractivity contribution in [3.63, 3.8) is 0 Å². The van der Waals surface area contributed by atoms with Gasteiger partial charge in [-0.25, -0.2) is 0 Å². The van der Waals surface area contributed by atoms with Crippen LogP contribution in [-0.2, 0) is 5.41 Å². The fourth-order valence-electron chi connectivity index (χ4n) is 7.94. The summed E-state index contributed by atoms with van der Waals surface area (Å²) in [6, 6.07) is 55.2. The predicted molar refractivity (Wildman–Crippen MR) is 204 cm³/mol. The Balaban J connectivity index is 1.21. The highest BCUT2D eigenvalue weighted by atomic mass is 32.1. The fraction of sp³-hybridized carbons (Fsp3) is 0.0667. The summed E-state index contributed by atoms with van der Waals surface area (Å²) in [7, 11) is 0. The topological polar surface area (TPSA) is 16.4 Å². The number of furan rings is 1. The summed E-state index contributed by atoms with van der Waals surface area (Å²) in [5, 5.41) is 4.88. The molecule has 3 heteroatoms. The van der Waals surface area contributed by atoms with Crippen LogP contribution in [0, 0.1) is 0 Å². The van der Waals surface area contributed by atoms with Gasteiger partial charge in [0.1, 0.15) is 11.2 Å². The Morgan fingerprint density at radius 1 is 0.479 bits per heavy atom. The summed E-state index contributed by atoms with van der Waals surface area (Å²) in [6.07, 6.45) is 0. The lowest BCUT2D eigenvalue weighted by Crippen LogP contribution is -2.15. The molecule has 2 heterocycles.